The highest BCUT2D eigenvalue weighted by molar-refractivity contribution is 7.92. The number of hydrogen-bond acceptors (Lipinski definition) is 4. The summed E-state index contributed by atoms with van der Waals surface area (Å²) in [5, 5.41) is 3.02. The molecule has 0 unspecified atom stereocenters. The Morgan fingerprint density at radius 2 is 1.88 bits per heavy atom. The summed E-state index contributed by atoms with van der Waals surface area (Å²) < 4.78 is 30.7. The van der Waals surface area contributed by atoms with Gasteiger partial charge in [0.15, 0.2) is 0 Å². The van der Waals surface area contributed by atoms with Gasteiger partial charge in [-0.2, -0.15) is 0 Å². The van der Waals surface area contributed by atoms with Crippen molar-refractivity contribution in [2.45, 2.75) is 19.5 Å². The van der Waals surface area contributed by atoms with Crippen LogP contribution in [0.2, 0.25) is 5.02 Å². The topological polar surface area (TPSA) is 75.7 Å². The molecular formula is C18H21ClN2O4S. The van der Waals surface area contributed by atoms with Gasteiger partial charge in [-0.25, -0.2) is 8.42 Å². The molecule has 140 valence electrons. The first-order valence-corrected chi connectivity index (χ1v) is 10.1. The lowest BCUT2D eigenvalue weighted by molar-refractivity contribution is -0.122. The molecule has 0 aliphatic heterocycles. The van der Waals surface area contributed by atoms with Crippen LogP contribution in [0.4, 0.5) is 5.69 Å². The zero-order valence-electron chi connectivity index (χ0n) is 14.8. The highest BCUT2D eigenvalue weighted by Gasteiger charge is 2.29. The first kappa shape index (κ1) is 20.1. The van der Waals surface area contributed by atoms with Crippen molar-refractivity contribution in [1.29, 1.82) is 0 Å². The number of nitrogens with one attached hydrogen (secondary N) is 1. The molecule has 0 saturated carbocycles. The average molecular weight is 397 g/mol. The summed E-state index contributed by atoms with van der Waals surface area (Å²) >= 11 is 6.10. The lowest BCUT2D eigenvalue weighted by Crippen LogP contribution is -2.47. The minimum atomic E-state index is -3.71. The van der Waals surface area contributed by atoms with E-state index in [1.54, 1.807) is 12.1 Å². The predicted molar refractivity (Wildman–Crippen MR) is 103 cm³/mol. The summed E-state index contributed by atoms with van der Waals surface area (Å²) in [6, 6.07) is 13.0. The number of sulfonamides is 1. The van der Waals surface area contributed by atoms with E-state index in [0.29, 0.717) is 18.0 Å². The smallest absolute Gasteiger partial charge is 0.243 e. The monoisotopic (exact) mass is 396 g/mol. The van der Waals surface area contributed by atoms with Crippen molar-refractivity contribution >= 4 is 33.2 Å². The normalized spacial score (nSPS) is 12.3. The Morgan fingerprint density at radius 3 is 2.42 bits per heavy atom. The maximum absolute atomic E-state index is 12.5. The van der Waals surface area contributed by atoms with Crippen LogP contribution in [0, 0.1) is 0 Å². The van der Waals surface area contributed by atoms with Crippen LogP contribution in [0.15, 0.2) is 48.5 Å². The molecule has 0 bridgehead atoms. The van der Waals surface area contributed by atoms with E-state index in [1.165, 1.54) is 20.1 Å². The molecule has 1 N–H and O–H groups in total. The fourth-order valence-corrected chi connectivity index (χ4v) is 3.95. The van der Waals surface area contributed by atoms with E-state index in [2.05, 4.69) is 5.32 Å². The molecule has 0 aliphatic rings. The third kappa shape index (κ3) is 4.89. The van der Waals surface area contributed by atoms with Crippen molar-refractivity contribution < 1.29 is 17.9 Å². The number of hydrogen-bond donors (Lipinski definition) is 1. The number of methoxy groups -OCH3 is 1. The number of benzene rings is 2. The summed E-state index contributed by atoms with van der Waals surface area (Å²) in [6.45, 7) is 1.84. The summed E-state index contributed by atoms with van der Waals surface area (Å²) in [5.74, 6) is 0.0104. The summed E-state index contributed by atoms with van der Waals surface area (Å²) in [7, 11) is -2.24. The molecule has 0 spiro atoms. The van der Waals surface area contributed by atoms with Crippen molar-refractivity contribution in [3.8, 4) is 5.75 Å². The van der Waals surface area contributed by atoms with Crippen molar-refractivity contribution in [1.82, 2.24) is 5.32 Å². The van der Waals surface area contributed by atoms with Crippen molar-refractivity contribution in [3.63, 3.8) is 0 Å². The highest BCUT2D eigenvalue weighted by atomic mass is 35.5. The Hall–Kier alpha value is -2.25. The number of amides is 1. The molecule has 2 aromatic rings. The highest BCUT2D eigenvalue weighted by Crippen LogP contribution is 2.31. The molecule has 0 fully saturated rings. The van der Waals surface area contributed by atoms with Gasteiger partial charge in [-0.3, -0.25) is 9.10 Å². The van der Waals surface area contributed by atoms with E-state index in [1.807, 2.05) is 30.3 Å². The van der Waals surface area contributed by atoms with Gasteiger partial charge in [0.25, 0.3) is 0 Å². The van der Waals surface area contributed by atoms with Crippen LogP contribution < -0.4 is 14.4 Å². The Bertz CT molecular complexity index is 872. The van der Waals surface area contributed by atoms with Crippen molar-refractivity contribution in [2.24, 2.45) is 0 Å². The quantitative estimate of drug-likeness (QED) is 0.780. The third-order valence-electron chi connectivity index (χ3n) is 3.79. The number of ether oxygens (including phenoxy) is 1. The van der Waals surface area contributed by atoms with Gasteiger partial charge in [0.1, 0.15) is 11.8 Å². The van der Waals surface area contributed by atoms with Gasteiger partial charge in [-0.1, -0.05) is 41.9 Å². The molecule has 2 aromatic carbocycles. The van der Waals surface area contributed by atoms with Crippen LogP contribution >= 0.6 is 11.6 Å². The standard InChI is InChI=1S/C18H21ClN2O4S/c1-13(18(22)20-12-14-7-5-4-6-8-14)21(26(3,23)24)15-9-10-17(25-2)16(19)11-15/h4-11,13H,12H2,1-3H3,(H,20,22)/t13-/m1/s1. The molecule has 0 aliphatic carbocycles. The molecule has 26 heavy (non-hydrogen) atoms. The van der Waals surface area contributed by atoms with Crippen LogP contribution in [-0.4, -0.2) is 33.7 Å². The van der Waals surface area contributed by atoms with Gasteiger partial charge < -0.3 is 10.1 Å². The molecule has 0 aromatic heterocycles. The summed E-state index contributed by atoms with van der Waals surface area (Å²) in [5.41, 5.74) is 1.21. The maximum Gasteiger partial charge on any atom is 0.243 e. The molecule has 2 rings (SSSR count). The van der Waals surface area contributed by atoms with Crippen LogP contribution in [0.5, 0.6) is 5.75 Å². The van der Waals surface area contributed by atoms with Gasteiger partial charge in [0.2, 0.25) is 15.9 Å². The number of nitrogens with zero attached hydrogens (tertiary/aromatic N) is 1. The van der Waals surface area contributed by atoms with Gasteiger partial charge in [0.05, 0.1) is 24.1 Å². The molecule has 0 saturated heterocycles. The van der Waals surface area contributed by atoms with Gasteiger partial charge in [0, 0.05) is 6.54 Å². The molecule has 8 heteroatoms. The van der Waals surface area contributed by atoms with Crippen molar-refractivity contribution in [3.05, 3.63) is 59.1 Å². The number of carbonyl (C=O) groups is 1. The second-order valence-electron chi connectivity index (χ2n) is 5.76. The van der Waals surface area contributed by atoms with E-state index in [0.717, 1.165) is 16.1 Å². The first-order chi connectivity index (χ1) is 12.2. The van der Waals surface area contributed by atoms with Gasteiger partial charge in [-0.15, -0.1) is 0 Å². The van der Waals surface area contributed by atoms with Crippen LogP contribution in [-0.2, 0) is 21.4 Å². The SMILES string of the molecule is COc1ccc(N([C@H](C)C(=O)NCc2ccccc2)S(C)(=O)=O)cc1Cl. The fourth-order valence-electron chi connectivity index (χ4n) is 2.53. The molecule has 0 heterocycles. The average Bonchev–Trinajstić information content (AvgIpc) is 2.59. The Labute approximate surface area is 158 Å². The molecule has 6 nitrogen and oxygen atoms in total. The predicted octanol–water partition coefficient (Wildman–Crippen LogP) is 2.82. The molecule has 1 amide bonds. The first-order valence-electron chi connectivity index (χ1n) is 7.88. The third-order valence-corrected chi connectivity index (χ3v) is 5.32. The number of carbonyl (C=O) groups excluding carboxylic acids is 1. The second kappa shape index (κ2) is 8.42. The van der Waals surface area contributed by atoms with Crippen LogP contribution in [0.25, 0.3) is 0 Å². The van der Waals surface area contributed by atoms with E-state index in [4.69, 9.17) is 16.3 Å². The summed E-state index contributed by atoms with van der Waals surface area (Å²) in [6.07, 6.45) is 1.05. The number of halogens is 1. The van der Waals surface area contributed by atoms with Crippen LogP contribution in [0.3, 0.4) is 0 Å². The van der Waals surface area contributed by atoms with E-state index >= 15 is 0 Å². The molecule has 1 atom stereocenters. The zero-order valence-corrected chi connectivity index (χ0v) is 16.3. The Balaban J connectivity index is 2.23. The fraction of sp³-hybridized carbons (Fsp3) is 0.278. The second-order valence-corrected chi connectivity index (χ2v) is 8.02. The van der Waals surface area contributed by atoms with Crippen LogP contribution in [0.1, 0.15) is 12.5 Å². The molecule has 0 radical (unpaired) electrons. The zero-order chi connectivity index (χ0) is 19.3. The molecular weight excluding hydrogens is 376 g/mol. The number of rotatable bonds is 7. The van der Waals surface area contributed by atoms with E-state index < -0.39 is 22.0 Å². The van der Waals surface area contributed by atoms with Gasteiger partial charge in [-0.05, 0) is 30.7 Å². The largest absolute Gasteiger partial charge is 0.495 e. The Kier molecular flexibility index (Phi) is 6.50. The Morgan fingerprint density at radius 1 is 1.23 bits per heavy atom. The lowest BCUT2D eigenvalue weighted by Gasteiger charge is -2.28. The number of anilines is 1. The van der Waals surface area contributed by atoms with Gasteiger partial charge >= 0.3 is 0 Å². The maximum atomic E-state index is 12.5. The summed E-state index contributed by atoms with van der Waals surface area (Å²) in [4.78, 5) is 12.5. The minimum Gasteiger partial charge on any atom is -0.495 e. The lowest BCUT2D eigenvalue weighted by atomic mass is 10.2. The van der Waals surface area contributed by atoms with E-state index in [-0.39, 0.29) is 5.02 Å². The van der Waals surface area contributed by atoms with E-state index in [9.17, 15) is 13.2 Å². The van der Waals surface area contributed by atoms with Crippen molar-refractivity contribution in [2.75, 3.05) is 17.7 Å². The minimum absolute atomic E-state index is 0.260.